The molecule has 0 radical (unpaired) electrons. The van der Waals surface area contributed by atoms with Gasteiger partial charge in [0.15, 0.2) is 5.96 Å². The van der Waals surface area contributed by atoms with Crippen molar-refractivity contribution in [3.8, 4) is 0 Å². The van der Waals surface area contributed by atoms with Gasteiger partial charge >= 0.3 is 0 Å². The van der Waals surface area contributed by atoms with Crippen LogP contribution < -0.4 is 10.6 Å². The molecule has 0 saturated heterocycles. The lowest BCUT2D eigenvalue weighted by Crippen LogP contribution is -2.45. The van der Waals surface area contributed by atoms with Crippen LogP contribution in [0.25, 0.3) is 0 Å². The van der Waals surface area contributed by atoms with Gasteiger partial charge in [-0.15, -0.1) is 24.0 Å². The summed E-state index contributed by atoms with van der Waals surface area (Å²) in [6, 6.07) is 2.59. The number of guanidine groups is 1. The van der Waals surface area contributed by atoms with E-state index in [9.17, 15) is 0 Å². The fourth-order valence-electron chi connectivity index (χ4n) is 2.96. The second-order valence-corrected chi connectivity index (χ2v) is 7.10. The van der Waals surface area contributed by atoms with Crippen LogP contribution >= 0.6 is 35.3 Å². The Morgan fingerprint density at radius 3 is 2.56 bits per heavy atom. The SMILES string of the molecule is CCN(CC)C(CNC(=NC)NCCN(C)CCCOC)c1ccsc1.I. The third kappa shape index (κ3) is 10.6. The number of nitrogens with zero attached hydrogens (tertiary/aromatic N) is 3. The summed E-state index contributed by atoms with van der Waals surface area (Å²) < 4.78 is 5.10. The molecule has 1 atom stereocenters. The monoisotopic (exact) mass is 511 g/mol. The Balaban J connectivity index is 0.00000676. The van der Waals surface area contributed by atoms with Crippen molar-refractivity contribution in [2.75, 3.05) is 67.1 Å². The molecule has 1 aromatic heterocycles. The first-order valence-electron chi connectivity index (χ1n) is 9.54. The average Bonchev–Trinajstić information content (AvgIpc) is 3.18. The van der Waals surface area contributed by atoms with Crippen molar-refractivity contribution in [1.29, 1.82) is 0 Å². The normalized spacial score (nSPS) is 12.9. The number of halogens is 1. The van der Waals surface area contributed by atoms with Gasteiger partial charge in [0.2, 0.25) is 0 Å². The molecule has 158 valence electrons. The minimum absolute atomic E-state index is 0. The summed E-state index contributed by atoms with van der Waals surface area (Å²) in [7, 11) is 5.72. The summed E-state index contributed by atoms with van der Waals surface area (Å²) in [6.45, 7) is 11.1. The van der Waals surface area contributed by atoms with E-state index in [1.54, 1.807) is 18.4 Å². The van der Waals surface area contributed by atoms with E-state index in [1.165, 1.54) is 5.56 Å². The fraction of sp³-hybridized carbons (Fsp3) is 0.737. The Bertz CT molecular complexity index is 482. The standard InChI is InChI=1S/C19H37N5OS.HI/c1-6-24(7-2)18(17-9-14-26-16-17)15-22-19(20-3)21-10-12-23(4)11-8-13-25-5;/h9,14,16,18H,6-8,10-13,15H2,1-5H3,(H2,20,21,22);1H. The predicted molar refractivity (Wildman–Crippen MR) is 129 cm³/mol. The van der Waals surface area contributed by atoms with Gasteiger partial charge in [-0.25, -0.2) is 0 Å². The molecule has 0 spiro atoms. The first-order valence-corrected chi connectivity index (χ1v) is 10.5. The van der Waals surface area contributed by atoms with Crippen molar-refractivity contribution in [2.45, 2.75) is 26.3 Å². The van der Waals surface area contributed by atoms with Crippen LogP contribution in [-0.4, -0.2) is 82.8 Å². The molecule has 2 N–H and O–H groups in total. The molecule has 0 saturated carbocycles. The van der Waals surface area contributed by atoms with E-state index in [0.717, 1.165) is 58.3 Å². The van der Waals surface area contributed by atoms with Gasteiger partial charge in [-0.1, -0.05) is 13.8 Å². The highest BCUT2D eigenvalue weighted by Gasteiger charge is 2.18. The minimum Gasteiger partial charge on any atom is -0.385 e. The lowest BCUT2D eigenvalue weighted by Gasteiger charge is -2.30. The first kappa shape index (κ1) is 26.6. The Labute approximate surface area is 186 Å². The Morgan fingerprint density at radius 1 is 1.26 bits per heavy atom. The van der Waals surface area contributed by atoms with Crippen molar-refractivity contribution < 1.29 is 4.74 Å². The van der Waals surface area contributed by atoms with E-state index in [1.807, 2.05) is 7.05 Å². The van der Waals surface area contributed by atoms with Crippen LogP contribution in [0.1, 0.15) is 31.9 Å². The Kier molecular flexibility index (Phi) is 16.3. The maximum absolute atomic E-state index is 5.10. The van der Waals surface area contributed by atoms with Gasteiger partial charge in [0.05, 0.1) is 6.04 Å². The van der Waals surface area contributed by atoms with Crippen LogP contribution in [0, 0.1) is 0 Å². The Morgan fingerprint density at radius 2 is 2.00 bits per heavy atom. The van der Waals surface area contributed by atoms with Crippen LogP contribution in [0.5, 0.6) is 0 Å². The van der Waals surface area contributed by atoms with Gasteiger partial charge in [-0.05, 0) is 48.9 Å². The number of hydrogen-bond donors (Lipinski definition) is 2. The van der Waals surface area contributed by atoms with Gasteiger partial charge in [-0.3, -0.25) is 9.89 Å². The largest absolute Gasteiger partial charge is 0.385 e. The van der Waals surface area contributed by atoms with Gasteiger partial charge in [-0.2, -0.15) is 11.3 Å². The number of thiophene rings is 1. The van der Waals surface area contributed by atoms with E-state index in [-0.39, 0.29) is 24.0 Å². The zero-order valence-electron chi connectivity index (χ0n) is 17.5. The van der Waals surface area contributed by atoms with Crippen LogP contribution in [-0.2, 0) is 4.74 Å². The third-order valence-electron chi connectivity index (χ3n) is 4.54. The van der Waals surface area contributed by atoms with Crippen molar-refractivity contribution in [1.82, 2.24) is 20.4 Å². The molecule has 1 unspecified atom stereocenters. The van der Waals surface area contributed by atoms with Crippen molar-refractivity contribution in [3.63, 3.8) is 0 Å². The number of hydrogen-bond acceptors (Lipinski definition) is 5. The quantitative estimate of drug-likeness (QED) is 0.185. The van der Waals surface area contributed by atoms with Crippen molar-refractivity contribution in [2.24, 2.45) is 4.99 Å². The second-order valence-electron chi connectivity index (χ2n) is 6.32. The molecule has 1 aromatic rings. The molecule has 27 heavy (non-hydrogen) atoms. The van der Waals surface area contributed by atoms with Gasteiger partial charge < -0.3 is 20.3 Å². The molecule has 1 heterocycles. The van der Waals surface area contributed by atoms with Gasteiger partial charge in [0, 0.05) is 46.9 Å². The van der Waals surface area contributed by atoms with Crippen molar-refractivity contribution >= 4 is 41.3 Å². The zero-order valence-corrected chi connectivity index (χ0v) is 20.7. The molecule has 0 aliphatic heterocycles. The number of nitrogens with one attached hydrogen (secondary N) is 2. The number of methoxy groups -OCH3 is 1. The summed E-state index contributed by atoms with van der Waals surface area (Å²) >= 11 is 1.76. The molecule has 0 bridgehead atoms. The highest BCUT2D eigenvalue weighted by Crippen LogP contribution is 2.22. The summed E-state index contributed by atoms with van der Waals surface area (Å²) in [4.78, 5) is 9.15. The molecule has 1 rings (SSSR count). The van der Waals surface area contributed by atoms with Crippen molar-refractivity contribution in [3.05, 3.63) is 22.4 Å². The smallest absolute Gasteiger partial charge is 0.191 e. The Hall–Kier alpha value is -0.420. The number of aliphatic imine (C=N–C) groups is 1. The minimum atomic E-state index is 0. The van der Waals surface area contributed by atoms with E-state index in [2.05, 4.69) is 63.1 Å². The fourth-order valence-corrected chi connectivity index (χ4v) is 3.66. The molecular weight excluding hydrogens is 473 g/mol. The van der Waals surface area contributed by atoms with Crippen LogP contribution in [0.3, 0.4) is 0 Å². The molecule has 0 fully saturated rings. The summed E-state index contributed by atoms with van der Waals surface area (Å²) in [6.07, 6.45) is 1.06. The number of rotatable bonds is 13. The highest BCUT2D eigenvalue weighted by molar-refractivity contribution is 14.0. The molecule has 0 amide bonds. The summed E-state index contributed by atoms with van der Waals surface area (Å²) in [5.41, 5.74) is 1.37. The second kappa shape index (κ2) is 16.5. The van der Waals surface area contributed by atoms with E-state index < -0.39 is 0 Å². The average molecular weight is 512 g/mol. The van der Waals surface area contributed by atoms with Gasteiger partial charge in [0.1, 0.15) is 0 Å². The van der Waals surface area contributed by atoms with Crippen LogP contribution in [0.15, 0.2) is 21.8 Å². The lowest BCUT2D eigenvalue weighted by atomic mass is 10.1. The molecule has 8 heteroatoms. The van der Waals surface area contributed by atoms with E-state index in [0.29, 0.717) is 6.04 Å². The predicted octanol–water partition coefficient (Wildman–Crippen LogP) is 2.88. The van der Waals surface area contributed by atoms with Gasteiger partial charge in [0.25, 0.3) is 0 Å². The number of likely N-dealkylation sites (N-methyl/N-ethyl adjacent to an activating group) is 2. The molecule has 6 nitrogen and oxygen atoms in total. The molecule has 0 aliphatic rings. The maximum Gasteiger partial charge on any atom is 0.191 e. The molecule has 0 aromatic carbocycles. The zero-order chi connectivity index (χ0) is 19.2. The van der Waals surface area contributed by atoms with E-state index >= 15 is 0 Å². The number of ether oxygens (including phenoxy) is 1. The van der Waals surface area contributed by atoms with E-state index in [4.69, 9.17) is 4.74 Å². The highest BCUT2D eigenvalue weighted by atomic mass is 127. The van der Waals surface area contributed by atoms with Crippen LogP contribution in [0.4, 0.5) is 0 Å². The lowest BCUT2D eigenvalue weighted by molar-refractivity contribution is 0.180. The summed E-state index contributed by atoms with van der Waals surface area (Å²) in [5, 5.41) is 11.3. The summed E-state index contributed by atoms with van der Waals surface area (Å²) in [5.74, 6) is 0.864. The third-order valence-corrected chi connectivity index (χ3v) is 5.24. The molecule has 0 aliphatic carbocycles. The molecular formula is C19H38IN5OS. The topological polar surface area (TPSA) is 52.1 Å². The first-order chi connectivity index (χ1) is 12.7. The van der Waals surface area contributed by atoms with Crippen LogP contribution in [0.2, 0.25) is 0 Å². The maximum atomic E-state index is 5.10.